The molecule has 3 aromatic rings. The van der Waals surface area contributed by atoms with E-state index in [2.05, 4.69) is 26.0 Å². The summed E-state index contributed by atoms with van der Waals surface area (Å²) < 4.78 is 11.9. The molecule has 0 amide bonds. The van der Waals surface area contributed by atoms with Crippen molar-refractivity contribution in [1.29, 1.82) is 0 Å². The summed E-state index contributed by atoms with van der Waals surface area (Å²) in [6.07, 6.45) is 3.46. The lowest BCUT2D eigenvalue weighted by Gasteiger charge is -2.23. The Labute approximate surface area is 175 Å². The summed E-state index contributed by atoms with van der Waals surface area (Å²) in [4.78, 5) is 13.9. The van der Waals surface area contributed by atoms with Gasteiger partial charge in [0.2, 0.25) is 5.88 Å². The number of hydrogen-bond donors (Lipinski definition) is 1. The van der Waals surface area contributed by atoms with Crippen molar-refractivity contribution in [2.45, 2.75) is 39.7 Å². The van der Waals surface area contributed by atoms with Crippen LogP contribution < -0.4 is 9.64 Å². The first-order valence-corrected chi connectivity index (χ1v) is 11.4. The van der Waals surface area contributed by atoms with Crippen LogP contribution in [0.1, 0.15) is 35.2 Å². The minimum atomic E-state index is 0.730. The van der Waals surface area contributed by atoms with Gasteiger partial charge in [-0.05, 0) is 49.8 Å². The number of rotatable bonds is 4. The van der Waals surface area contributed by atoms with Crippen molar-refractivity contribution in [3.8, 4) is 11.6 Å². The van der Waals surface area contributed by atoms with Crippen LogP contribution in [-0.2, 0) is 24.1 Å². The van der Waals surface area contributed by atoms with Crippen LogP contribution in [0.5, 0.6) is 11.6 Å². The van der Waals surface area contributed by atoms with Crippen LogP contribution in [0.3, 0.4) is 0 Å². The molecule has 0 radical (unpaired) electrons. The SMILES string of the molecule is Cc1ccc(Oc2nc(C[NH+]3CCOCC3)nc3sc4c(c23)CC[C@H](C)C4)cc1. The molecule has 1 atom stereocenters. The van der Waals surface area contributed by atoms with E-state index < -0.39 is 0 Å². The van der Waals surface area contributed by atoms with E-state index in [0.29, 0.717) is 0 Å². The number of hydrogen-bond acceptors (Lipinski definition) is 5. The quantitative estimate of drug-likeness (QED) is 0.717. The minimum absolute atomic E-state index is 0.730. The van der Waals surface area contributed by atoms with Gasteiger partial charge in [-0.2, -0.15) is 4.98 Å². The smallest absolute Gasteiger partial charge is 0.231 e. The summed E-state index contributed by atoms with van der Waals surface area (Å²) in [5.74, 6) is 3.18. The Hall–Kier alpha value is -2.02. The summed E-state index contributed by atoms with van der Waals surface area (Å²) in [5, 5.41) is 1.14. The molecule has 0 spiro atoms. The van der Waals surface area contributed by atoms with Crippen molar-refractivity contribution in [1.82, 2.24) is 9.97 Å². The van der Waals surface area contributed by atoms with Gasteiger partial charge in [-0.3, -0.25) is 0 Å². The first-order chi connectivity index (χ1) is 14.2. The number of nitrogens with one attached hydrogen (secondary N) is 1. The molecule has 2 aromatic heterocycles. The fourth-order valence-electron chi connectivity index (χ4n) is 4.28. The van der Waals surface area contributed by atoms with E-state index in [9.17, 15) is 0 Å². The lowest BCUT2D eigenvalue weighted by atomic mass is 9.89. The lowest BCUT2D eigenvalue weighted by molar-refractivity contribution is -0.922. The van der Waals surface area contributed by atoms with Gasteiger partial charge >= 0.3 is 0 Å². The number of aryl methyl sites for hydroxylation is 2. The van der Waals surface area contributed by atoms with Crippen molar-refractivity contribution in [2.75, 3.05) is 26.3 Å². The molecule has 29 heavy (non-hydrogen) atoms. The summed E-state index contributed by atoms with van der Waals surface area (Å²) in [6.45, 7) is 8.90. The predicted molar refractivity (Wildman–Crippen MR) is 115 cm³/mol. The molecule has 0 unspecified atom stereocenters. The third kappa shape index (κ3) is 4.02. The van der Waals surface area contributed by atoms with Gasteiger partial charge in [0.1, 0.15) is 30.2 Å². The van der Waals surface area contributed by atoms with Crippen molar-refractivity contribution < 1.29 is 14.4 Å². The normalized spacial score (nSPS) is 20.0. The zero-order chi connectivity index (χ0) is 19.8. The van der Waals surface area contributed by atoms with Gasteiger partial charge in [0.25, 0.3) is 0 Å². The molecule has 2 aliphatic rings. The summed E-state index contributed by atoms with van der Waals surface area (Å²) in [7, 11) is 0. The molecule has 5 nitrogen and oxygen atoms in total. The van der Waals surface area contributed by atoms with Gasteiger partial charge < -0.3 is 14.4 Å². The number of fused-ring (bicyclic) bond motifs is 3. The first-order valence-electron chi connectivity index (χ1n) is 10.6. The number of nitrogens with zero attached hydrogens (tertiary/aromatic N) is 2. The van der Waals surface area contributed by atoms with E-state index in [-0.39, 0.29) is 0 Å². The van der Waals surface area contributed by atoms with Gasteiger partial charge in [-0.25, -0.2) is 4.98 Å². The van der Waals surface area contributed by atoms with Crippen molar-refractivity contribution in [3.05, 3.63) is 46.1 Å². The molecule has 1 aliphatic heterocycles. The highest BCUT2D eigenvalue weighted by Gasteiger charge is 2.26. The van der Waals surface area contributed by atoms with Gasteiger partial charge in [-0.15, -0.1) is 11.3 Å². The second kappa shape index (κ2) is 8.01. The second-order valence-electron chi connectivity index (χ2n) is 8.43. The number of benzene rings is 1. The summed E-state index contributed by atoms with van der Waals surface area (Å²) >= 11 is 1.84. The number of quaternary nitrogens is 1. The van der Waals surface area contributed by atoms with E-state index in [1.54, 1.807) is 0 Å². The van der Waals surface area contributed by atoms with Crippen molar-refractivity contribution in [3.63, 3.8) is 0 Å². The van der Waals surface area contributed by atoms with Crippen LogP contribution in [0.25, 0.3) is 10.2 Å². The molecule has 1 N–H and O–H groups in total. The van der Waals surface area contributed by atoms with E-state index in [0.717, 1.165) is 79.3 Å². The molecule has 1 aromatic carbocycles. The minimum Gasteiger partial charge on any atom is -0.438 e. The summed E-state index contributed by atoms with van der Waals surface area (Å²) in [6, 6.07) is 8.21. The highest BCUT2D eigenvalue weighted by Crippen LogP contribution is 2.41. The van der Waals surface area contributed by atoms with Crippen LogP contribution in [0.15, 0.2) is 24.3 Å². The lowest BCUT2D eigenvalue weighted by Crippen LogP contribution is -3.12. The third-order valence-electron chi connectivity index (χ3n) is 6.01. The Morgan fingerprint density at radius 2 is 1.97 bits per heavy atom. The molecule has 6 heteroatoms. The second-order valence-corrected chi connectivity index (χ2v) is 9.51. The average Bonchev–Trinajstić information content (AvgIpc) is 3.08. The molecule has 0 bridgehead atoms. The number of thiophene rings is 1. The highest BCUT2D eigenvalue weighted by atomic mass is 32.1. The van der Waals surface area contributed by atoms with Gasteiger partial charge in [0, 0.05) is 4.88 Å². The Bertz CT molecular complexity index is 1010. The van der Waals surface area contributed by atoms with Crippen LogP contribution in [0.4, 0.5) is 0 Å². The molecule has 1 aliphatic carbocycles. The van der Waals surface area contributed by atoms with Crippen LogP contribution >= 0.6 is 11.3 Å². The fourth-order valence-corrected chi connectivity index (χ4v) is 5.67. The highest BCUT2D eigenvalue weighted by molar-refractivity contribution is 7.18. The maximum absolute atomic E-state index is 6.35. The Balaban J connectivity index is 1.55. The monoisotopic (exact) mass is 410 g/mol. The van der Waals surface area contributed by atoms with E-state index in [1.807, 2.05) is 23.5 Å². The van der Waals surface area contributed by atoms with Gasteiger partial charge in [0.15, 0.2) is 5.82 Å². The van der Waals surface area contributed by atoms with E-state index in [1.165, 1.54) is 27.3 Å². The van der Waals surface area contributed by atoms with Crippen molar-refractivity contribution >= 4 is 21.6 Å². The molecule has 5 rings (SSSR count). The predicted octanol–water partition coefficient (Wildman–Crippen LogP) is 3.33. The van der Waals surface area contributed by atoms with E-state index in [4.69, 9.17) is 19.4 Å². The maximum atomic E-state index is 6.35. The van der Waals surface area contributed by atoms with Crippen LogP contribution in [0, 0.1) is 12.8 Å². The Morgan fingerprint density at radius 1 is 1.17 bits per heavy atom. The largest absolute Gasteiger partial charge is 0.438 e. The molecule has 1 fully saturated rings. The number of aromatic nitrogens is 2. The number of ether oxygens (including phenoxy) is 2. The topological polar surface area (TPSA) is 48.7 Å². The van der Waals surface area contributed by atoms with Gasteiger partial charge in [-0.1, -0.05) is 24.6 Å². The third-order valence-corrected chi connectivity index (χ3v) is 7.16. The van der Waals surface area contributed by atoms with Gasteiger partial charge in [0.05, 0.1) is 18.6 Å². The summed E-state index contributed by atoms with van der Waals surface area (Å²) in [5.41, 5.74) is 2.64. The average molecular weight is 411 g/mol. The zero-order valence-corrected chi connectivity index (χ0v) is 18.0. The zero-order valence-electron chi connectivity index (χ0n) is 17.2. The molecular formula is C23H28N3O2S+. The van der Waals surface area contributed by atoms with E-state index >= 15 is 0 Å². The number of morpholine rings is 1. The standard InChI is InChI=1S/C23H27N3O2S/c1-15-3-6-17(7-4-15)28-22-21-18-8-5-16(2)13-19(18)29-23(21)25-20(24-22)14-26-9-11-27-12-10-26/h3-4,6-7,16H,5,8-14H2,1-2H3/p+1/t16-/m0/s1. The molecular weight excluding hydrogens is 382 g/mol. The Kier molecular flexibility index (Phi) is 5.24. The van der Waals surface area contributed by atoms with Crippen LogP contribution in [-0.4, -0.2) is 36.3 Å². The van der Waals surface area contributed by atoms with Crippen molar-refractivity contribution in [2.24, 2.45) is 5.92 Å². The molecule has 0 saturated carbocycles. The Morgan fingerprint density at radius 3 is 2.76 bits per heavy atom. The molecule has 1 saturated heterocycles. The maximum Gasteiger partial charge on any atom is 0.231 e. The molecule has 3 heterocycles. The van der Waals surface area contributed by atoms with Crippen LogP contribution in [0.2, 0.25) is 0 Å². The fraction of sp³-hybridized carbons (Fsp3) is 0.478. The first kappa shape index (κ1) is 19.0. The molecule has 152 valence electrons.